The second kappa shape index (κ2) is 2.84. The van der Waals surface area contributed by atoms with Gasteiger partial charge in [-0.05, 0) is 0 Å². The number of ketones is 1. The molecule has 0 aromatic heterocycles. The zero-order valence-corrected chi connectivity index (χ0v) is 6.03. The third-order valence-corrected chi connectivity index (χ3v) is 1.30. The lowest BCUT2D eigenvalue weighted by Crippen LogP contribution is -2.11. The van der Waals surface area contributed by atoms with Gasteiger partial charge in [0.2, 0.25) is 0 Å². The molecule has 1 aliphatic carbocycles. The Morgan fingerprint density at radius 2 is 2.45 bits per heavy atom. The minimum Gasteiger partial charge on any atom is -0.431 e. The Morgan fingerprint density at radius 1 is 1.82 bits per heavy atom. The van der Waals surface area contributed by atoms with E-state index in [9.17, 15) is 9.59 Å². The van der Waals surface area contributed by atoms with Crippen molar-refractivity contribution in [1.29, 1.82) is 0 Å². The molecule has 4 heteroatoms. The Bertz CT molecular complexity index is 229. The van der Waals surface area contributed by atoms with Crippen LogP contribution in [0.4, 0.5) is 0 Å². The molecule has 1 atom stereocenters. The molecule has 0 radical (unpaired) electrons. The van der Waals surface area contributed by atoms with E-state index in [2.05, 4.69) is 4.74 Å². The van der Waals surface area contributed by atoms with Crippen LogP contribution in [0.25, 0.3) is 0 Å². The van der Waals surface area contributed by atoms with Gasteiger partial charge in [-0.3, -0.25) is 9.59 Å². The van der Waals surface area contributed by atoms with E-state index in [1.54, 1.807) is 0 Å². The van der Waals surface area contributed by atoms with Crippen molar-refractivity contribution >= 4 is 11.8 Å². The Labute approximate surface area is 63.5 Å². The fraction of sp³-hybridized carbons (Fsp3) is 0.429. The van der Waals surface area contributed by atoms with Gasteiger partial charge in [-0.15, -0.1) is 0 Å². The van der Waals surface area contributed by atoms with Gasteiger partial charge < -0.3 is 9.84 Å². The van der Waals surface area contributed by atoms with Crippen LogP contribution < -0.4 is 0 Å². The van der Waals surface area contributed by atoms with Crippen LogP contribution in [0.2, 0.25) is 0 Å². The molecule has 0 spiro atoms. The molecule has 0 aromatic carbocycles. The third kappa shape index (κ3) is 1.88. The van der Waals surface area contributed by atoms with Gasteiger partial charge in [0, 0.05) is 19.4 Å². The summed E-state index contributed by atoms with van der Waals surface area (Å²) in [7, 11) is 0. The molecule has 60 valence electrons. The Kier molecular flexibility index (Phi) is 2.05. The van der Waals surface area contributed by atoms with Gasteiger partial charge in [-0.1, -0.05) is 0 Å². The van der Waals surface area contributed by atoms with Gasteiger partial charge >= 0.3 is 5.97 Å². The van der Waals surface area contributed by atoms with Gasteiger partial charge in [0.1, 0.15) is 11.9 Å². The molecule has 1 unspecified atom stereocenters. The van der Waals surface area contributed by atoms with Crippen molar-refractivity contribution in [2.45, 2.75) is 19.4 Å². The molecule has 11 heavy (non-hydrogen) atoms. The maximum absolute atomic E-state index is 10.6. The number of aliphatic hydroxyl groups excluding tert-OH is 1. The summed E-state index contributed by atoms with van der Waals surface area (Å²) < 4.78 is 4.59. The molecule has 0 saturated carbocycles. The standard InChI is InChI=1S/C7H8O4/c1-4(8)11-5-2-6(9)7(10)3-5/h2,7,10H,3H2,1H3. The van der Waals surface area contributed by atoms with Gasteiger partial charge in [0.05, 0.1) is 0 Å². The number of ether oxygens (including phenoxy) is 1. The van der Waals surface area contributed by atoms with Crippen LogP contribution in [0.3, 0.4) is 0 Å². The van der Waals surface area contributed by atoms with Crippen molar-refractivity contribution in [2.75, 3.05) is 0 Å². The maximum Gasteiger partial charge on any atom is 0.307 e. The van der Waals surface area contributed by atoms with E-state index in [-0.39, 0.29) is 12.2 Å². The highest BCUT2D eigenvalue weighted by Crippen LogP contribution is 2.16. The summed E-state index contributed by atoms with van der Waals surface area (Å²) >= 11 is 0. The van der Waals surface area contributed by atoms with Gasteiger partial charge in [0.15, 0.2) is 5.78 Å². The summed E-state index contributed by atoms with van der Waals surface area (Å²) in [6, 6.07) is 0. The molecule has 1 N–H and O–H groups in total. The molecule has 0 aliphatic heterocycles. The Hall–Kier alpha value is -1.16. The monoisotopic (exact) mass is 156 g/mol. The maximum atomic E-state index is 10.6. The molecule has 0 bridgehead atoms. The fourth-order valence-corrected chi connectivity index (χ4v) is 0.861. The second-order valence-electron chi connectivity index (χ2n) is 2.33. The molecule has 0 aromatic rings. The average Bonchev–Trinajstić information content (AvgIpc) is 2.10. The topological polar surface area (TPSA) is 63.6 Å². The first-order valence-electron chi connectivity index (χ1n) is 3.20. The average molecular weight is 156 g/mol. The minimum atomic E-state index is -1.02. The van der Waals surface area contributed by atoms with Gasteiger partial charge in [-0.2, -0.15) is 0 Å². The summed E-state index contributed by atoms with van der Waals surface area (Å²) in [6.07, 6.45) is 0.231. The number of esters is 1. The highest BCUT2D eigenvalue weighted by atomic mass is 16.5. The first-order chi connectivity index (χ1) is 5.09. The van der Waals surface area contributed by atoms with Crippen LogP contribution in [0.5, 0.6) is 0 Å². The minimum absolute atomic E-state index is 0.110. The highest BCUT2D eigenvalue weighted by molar-refractivity contribution is 5.96. The molecule has 0 saturated heterocycles. The molecule has 0 amide bonds. The van der Waals surface area contributed by atoms with Crippen molar-refractivity contribution in [3.63, 3.8) is 0 Å². The van der Waals surface area contributed by atoms with Crippen LogP contribution in [0, 0.1) is 0 Å². The lowest BCUT2D eigenvalue weighted by molar-refractivity contribution is -0.137. The normalized spacial score (nSPS) is 23.3. The largest absolute Gasteiger partial charge is 0.431 e. The molecule has 0 heterocycles. The molecular formula is C7H8O4. The molecule has 0 fully saturated rings. The Balaban J connectivity index is 2.57. The summed E-state index contributed by atoms with van der Waals surface area (Å²) in [5.41, 5.74) is 0. The third-order valence-electron chi connectivity index (χ3n) is 1.30. The van der Waals surface area contributed by atoms with E-state index >= 15 is 0 Å². The predicted molar refractivity (Wildman–Crippen MR) is 35.5 cm³/mol. The van der Waals surface area contributed by atoms with Crippen molar-refractivity contribution in [1.82, 2.24) is 0 Å². The van der Waals surface area contributed by atoms with Crippen LogP contribution in [-0.2, 0) is 14.3 Å². The molecule has 4 nitrogen and oxygen atoms in total. The van der Waals surface area contributed by atoms with Crippen molar-refractivity contribution in [3.8, 4) is 0 Å². The lowest BCUT2D eigenvalue weighted by atomic mass is 10.3. The van der Waals surface area contributed by atoms with Crippen LogP contribution in [0.1, 0.15) is 13.3 Å². The smallest absolute Gasteiger partial charge is 0.307 e. The van der Waals surface area contributed by atoms with Crippen molar-refractivity contribution < 1.29 is 19.4 Å². The van der Waals surface area contributed by atoms with E-state index in [1.165, 1.54) is 6.92 Å². The summed E-state index contributed by atoms with van der Waals surface area (Å²) in [5.74, 6) is -0.630. The Morgan fingerprint density at radius 3 is 2.82 bits per heavy atom. The number of hydrogen-bond donors (Lipinski definition) is 1. The van der Waals surface area contributed by atoms with E-state index < -0.39 is 17.9 Å². The van der Waals surface area contributed by atoms with Gasteiger partial charge in [0.25, 0.3) is 0 Å². The zero-order chi connectivity index (χ0) is 8.43. The molecule has 1 rings (SSSR count). The number of carbonyl (C=O) groups is 2. The van der Waals surface area contributed by atoms with E-state index in [0.717, 1.165) is 6.08 Å². The van der Waals surface area contributed by atoms with Crippen LogP contribution in [-0.4, -0.2) is 23.0 Å². The predicted octanol–water partition coefficient (Wildman–Crippen LogP) is -0.233. The van der Waals surface area contributed by atoms with Crippen molar-refractivity contribution in [3.05, 3.63) is 11.8 Å². The SMILES string of the molecule is CC(=O)OC1=CC(=O)C(O)C1. The first kappa shape index (κ1) is 7.94. The van der Waals surface area contributed by atoms with Crippen molar-refractivity contribution in [2.24, 2.45) is 0 Å². The molecular weight excluding hydrogens is 148 g/mol. The summed E-state index contributed by atoms with van der Waals surface area (Å²) in [5, 5.41) is 8.89. The lowest BCUT2D eigenvalue weighted by Gasteiger charge is -2.00. The molecule has 1 aliphatic rings. The first-order valence-corrected chi connectivity index (χ1v) is 3.20. The number of aliphatic hydroxyl groups is 1. The van der Waals surface area contributed by atoms with E-state index in [0.29, 0.717) is 0 Å². The van der Waals surface area contributed by atoms with Crippen LogP contribution >= 0.6 is 0 Å². The summed E-state index contributed by atoms with van der Waals surface area (Å²) in [4.78, 5) is 21.0. The zero-order valence-electron chi connectivity index (χ0n) is 6.03. The summed E-state index contributed by atoms with van der Waals surface area (Å²) in [6.45, 7) is 1.25. The number of hydrogen-bond acceptors (Lipinski definition) is 4. The van der Waals surface area contributed by atoms with E-state index in [1.807, 2.05) is 0 Å². The fourth-order valence-electron chi connectivity index (χ4n) is 0.861. The van der Waals surface area contributed by atoms with Crippen LogP contribution in [0.15, 0.2) is 11.8 Å². The van der Waals surface area contributed by atoms with E-state index in [4.69, 9.17) is 5.11 Å². The number of carbonyl (C=O) groups excluding carboxylic acids is 2. The quantitative estimate of drug-likeness (QED) is 0.532. The van der Waals surface area contributed by atoms with Gasteiger partial charge in [-0.25, -0.2) is 0 Å². The highest BCUT2D eigenvalue weighted by Gasteiger charge is 2.24. The second-order valence-corrected chi connectivity index (χ2v) is 2.33. The number of rotatable bonds is 1.